The summed E-state index contributed by atoms with van der Waals surface area (Å²) >= 11 is 0. The zero-order chi connectivity index (χ0) is 18.7. The van der Waals surface area contributed by atoms with Crippen molar-refractivity contribution in [2.45, 2.75) is 71.3 Å². The molecule has 0 atom stereocenters. The van der Waals surface area contributed by atoms with Crippen LogP contribution in [0.1, 0.15) is 65.2 Å². The Balaban J connectivity index is 2.23. The summed E-state index contributed by atoms with van der Waals surface area (Å²) in [5, 5.41) is 14.6. The molecule has 7 nitrogen and oxygen atoms in total. The predicted octanol–water partition coefficient (Wildman–Crippen LogP) is 2.36. The number of carbonyl (C=O) groups is 3. The molecule has 0 unspecified atom stereocenters. The molecule has 0 radical (unpaired) electrons. The topological polar surface area (TPSA) is 98.7 Å². The van der Waals surface area contributed by atoms with E-state index in [0.717, 1.165) is 12.8 Å². The summed E-state index contributed by atoms with van der Waals surface area (Å²) in [6.07, 6.45) is 6.49. The highest BCUT2D eigenvalue weighted by molar-refractivity contribution is 5.77. The maximum absolute atomic E-state index is 12.3. The summed E-state index contributed by atoms with van der Waals surface area (Å²) < 4.78 is 0. The molecule has 0 saturated heterocycles. The van der Waals surface area contributed by atoms with Crippen LogP contribution in [0.15, 0.2) is 0 Å². The Morgan fingerprint density at radius 3 is 2.40 bits per heavy atom. The minimum Gasteiger partial charge on any atom is -0.481 e. The Morgan fingerprint density at radius 2 is 1.80 bits per heavy atom. The second-order valence-corrected chi connectivity index (χ2v) is 7.22. The molecule has 0 bridgehead atoms. The maximum atomic E-state index is 12.3. The van der Waals surface area contributed by atoms with E-state index in [1.165, 1.54) is 19.3 Å². The van der Waals surface area contributed by atoms with Crippen LogP contribution in [-0.4, -0.2) is 53.6 Å². The van der Waals surface area contributed by atoms with E-state index in [2.05, 4.69) is 10.6 Å². The second-order valence-electron chi connectivity index (χ2n) is 7.22. The van der Waals surface area contributed by atoms with Gasteiger partial charge in [-0.25, -0.2) is 4.79 Å². The number of amides is 3. The van der Waals surface area contributed by atoms with Crippen molar-refractivity contribution in [2.75, 3.05) is 19.6 Å². The summed E-state index contributed by atoms with van der Waals surface area (Å²) in [6.45, 7) is 5.23. The van der Waals surface area contributed by atoms with Gasteiger partial charge in [-0.3, -0.25) is 9.59 Å². The zero-order valence-electron chi connectivity index (χ0n) is 15.6. The lowest BCUT2D eigenvalue weighted by molar-refractivity contribution is -0.138. The van der Waals surface area contributed by atoms with Crippen LogP contribution in [-0.2, 0) is 9.59 Å². The van der Waals surface area contributed by atoms with Crippen LogP contribution >= 0.6 is 0 Å². The number of carbonyl (C=O) groups excluding carboxylic acids is 2. The number of carboxylic acids is 1. The Morgan fingerprint density at radius 1 is 1.12 bits per heavy atom. The Labute approximate surface area is 150 Å². The quantitative estimate of drug-likeness (QED) is 0.524. The highest BCUT2D eigenvalue weighted by atomic mass is 16.4. The molecule has 1 saturated carbocycles. The van der Waals surface area contributed by atoms with Crippen LogP contribution in [0.5, 0.6) is 0 Å². The number of carboxylic acid groups (broad SMARTS) is 1. The number of hydrogen-bond donors (Lipinski definition) is 3. The summed E-state index contributed by atoms with van der Waals surface area (Å²) in [5.41, 5.74) is 0. The lowest BCUT2D eigenvalue weighted by Gasteiger charge is -2.24. The fourth-order valence-corrected chi connectivity index (χ4v) is 3.07. The molecule has 3 N–H and O–H groups in total. The molecule has 1 fully saturated rings. The van der Waals surface area contributed by atoms with Crippen molar-refractivity contribution in [3.63, 3.8) is 0 Å². The van der Waals surface area contributed by atoms with Crippen LogP contribution in [0.2, 0.25) is 0 Å². The van der Waals surface area contributed by atoms with Gasteiger partial charge in [0.2, 0.25) is 5.91 Å². The molecule has 144 valence electrons. The van der Waals surface area contributed by atoms with E-state index in [1.54, 1.807) is 4.90 Å². The second kappa shape index (κ2) is 11.7. The number of nitrogens with one attached hydrogen (secondary N) is 2. The average molecular weight is 355 g/mol. The van der Waals surface area contributed by atoms with Gasteiger partial charge in [0.15, 0.2) is 0 Å². The number of nitrogens with zero attached hydrogens (tertiary/aromatic N) is 1. The van der Waals surface area contributed by atoms with E-state index < -0.39 is 5.97 Å². The molecule has 3 amide bonds. The zero-order valence-corrected chi connectivity index (χ0v) is 15.6. The fraction of sp³-hybridized carbons (Fsp3) is 0.833. The van der Waals surface area contributed by atoms with Gasteiger partial charge in [-0.15, -0.1) is 0 Å². The summed E-state index contributed by atoms with van der Waals surface area (Å²) in [5.74, 6) is -0.663. The van der Waals surface area contributed by atoms with E-state index in [4.69, 9.17) is 5.11 Å². The third kappa shape index (κ3) is 9.94. The van der Waals surface area contributed by atoms with Crippen LogP contribution < -0.4 is 10.6 Å². The summed E-state index contributed by atoms with van der Waals surface area (Å²) in [4.78, 5) is 36.4. The van der Waals surface area contributed by atoms with Gasteiger partial charge in [0, 0.05) is 32.1 Å². The van der Waals surface area contributed by atoms with E-state index in [1.807, 2.05) is 13.8 Å². The Bertz CT molecular complexity index is 434. The molecule has 7 heteroatoms. The van der Waals surface area contributed by atoms with E-state index >= 15 is 0 Å². The monoisotopic (exact) mass is 355 g/mol. The Hall–Kier alpha value is -1.79. The normalized spacial score (nSPS) is 15.0. The number of rotatable bonds is 10. The summed E-state index contributed by atoms with van der Waals surface area (Å²) in [6, 6.07) is 0.109. The largest absolute Gasteiger partial charge is 0.481 e. The number of urea groups is 1. The van der Waals surface area contributed by atoms with Gasteiger partial charge in [0.05, 0.1) is 6.42 Å². The molecule has 0 spiro atoms. The first-order valence-electron chi connectivity index (χ1n) is 9.42. The predicted molar refractivity (Wildman–Crippen MR) is 96.3 cm³/mol. The van der Waals surface area contributed by atoms with Crippen LogP contribution in [0.4, 0.5) is 4.79 Å². The summed E-state index contributed by atoms with van der Waals surface area (Å²) in [7, 11) is 0. The number of aliphatic carboxylic acids is 1. The highest BCUT2D eigenvalue weighted by Gasteiger charge is 2.17. The lowest BCUT2D eigenvalue weighted by Crippen LogP contribution is -2.43. The van der Waals surface area contributed by atoms with Crippen LogP contribution in [0.3, 0.4) is 0 Å². The third-order valence-electron chi connectivity index (χ3n) is 4.33. The molecule has 0 aromatic heterocycles. The van der Waals surface area contributed by atoms with Gasteiger partial charge in [0.1, 0.15) is 0 Å². The molecule has 0 aliphatic heterocycles. The highest BCUT2D eigenvalue weighted by Crippen LogP contribution is 2.17. The van der Waals surface area contributed by atoms with E-state index in [9.17, 15) is 14.4 Å². The molecule has 1 rings (SSSR count). The van der Waals surface area contributed by atoms with Gasteiger partial charge in [0.25, 0.3) is 0 Å². The van der Waals surface area contributed by atoms with Crippen molar-refractivity contribution in [1.82, 2.24) is 15.5 Å². The number of hydrogen-bond acceptors (Lipinski definition) is 3. The van der Waals surface area contributed by atoms with Gasteiger partial charge >= 0.3 is 12.0 Å². The van der Waals surface area contributed by atoms with Crippen molar-refractivity contribution < 1.29 is 19.5 Å². The van der Waals surface area contributed by atoms with Gasteiger partial charge < -0.3 is 20.6 Å². The van der Waals surface area contributed by atoms with Crippen molar-refractivity contribution in [1.29, 1.82) is 0 Å². The van der Waals surface area contributed by atoms with E-state index in [0.29, 0.717) is 25.9 Å². The van der Waals surface area contributed by atoms with Gasteiger partial charge in [-0.05, 0) is 25.2 Å². The first-order chi connectivity index (χ1) is 11.9. The van der Waals surface area contributed by atoms with Gasteiger partial charge in [-0.2, -0.15) is 0 Å². The average Bonchev–Trinajstić information content (AvgIpc) is 2.55. The van der Waals surface area contributed by atoms with Crippen molar-refractivity contribution in [3.8, 4) is 0 Å². The van der Waals surface area contributed by atoms with Crippen molar-refractivity contribution >= 4 is 17.9 Å². The first-order valence-corrected chi connectivity index (χ1v) is 9.42. The molecular weight excluding hydrogens is 322 g/mol. The minimum atomic E-state index is -0.900. The molecule has 1 aliphatic carbocycles. The van der Waals surface area contributed by atoms with Crippen LogP contribution in [0.25, 0.3) is 0 Å². The molecule has 25 heavy (non-hydrogen) atoms. The van der Waals surface area contributed by atoms with Crippen LogP contribution in [0, 0.1) is 5.92 Å². The molecule has 0 aromatic carbocycles. The van der Waals surface area contributed by atoms with Gasteiger partial charge in [-0.1, -0.05) is 33.1 Å². The van der Waals surface area contributed by atoms with E-state index in [-0.39, 0.29) is 36.9 Å². The van der Waals surface area contributed by atoms with Crippen molar-refractivity contribution in [3.05, 3.63) is 0 Å². The molecule has 0 heterocycles. The molecule has 0 aromatic rings. The standard InChI is InChI=1S/C18H33N3O4/c1-14(2)13-21(12-10-17(23)24)16(22)9-6-11-19-18(25)20-15-7-4-3-5-8-15/h14-15H,3-13H2,1-2H3,(H,23,24)(H2,19,20,25). The minimum absolute atomic E-state index is 0.0412. The maximum Gasteiger partial charge on any atom is 0.315 e. The SMILES string of the molecule is CC(C)CN(CCC(=O)O)C(=O)CCCNC(=O)NC1CCCCC1. The Kier molecular flexibility index (Phi) is 9.96. The fourth-order valence-electron chi connectivity index (χ4n) is 3.07. The van der Waals surface area contributed by atoms with Crippen molar-refractivity contribution in [2.24, 2.45) is 5.92 Å². The lowest BCUT2D eigenvalue weighted by atomic mass is 9.96. The first kappa shape index (κ1) is 21.3. The smallest absolute Gasteiger partial charge is 0.315 e. The molecule has 1 aliphatic rings. The molecular formula is C18H33N3O4. The third-order valence-corrected chi connectivity index (χ3v) is 4.33.